The van der Waals surface area contributed by atoms with E-state index in [4.69, 9.17) is 33.5 Å². The van der Waals surface area contributed by atoms with Gasteiger partial charge >= 0.3 is 17.9 Å². The highest BCUT2D eigenvalue weighted by Gasteiger charge is 2.34. The van der Waals surface area contributed by atoms with Crippen LogP contribution < -0.4 is 0 Å². The van der Waals surface area contributed by atoms with Crippen molar-refractivity contribution < 1.29 is 63.2 Å². The van der Waals surface area contributed by atoms with Gasteiger partial charge in [-0.15, -0.1) is 0 Å². The van der Waals surface area contributed by atoms with Crippen molar-refractivity contribution in [1.29, 1.82) is 0 Å². The summed E-state index contributed by atoms with van der Waals surface area (Å²) in [7, 11) is 1.54. The fourth-order valence-corrected chi connectivity index (χ4v) is 8.56. The average Bonchev–Trinajstić information content (AvgIpc) is 3.16. The molecular weight excluding hydrogens is 821 g/mol. The molecule has 0 heterocycles. The minimum absolute atomic E-state index is 0.00641. The maximum absolute atomic E-state index is 12.9. The van der Waals surface area contributed by atoms with Crippen molar-refractivity contribution in [3.63, 3.8) is 0 Å². The first kappa shape index (κ1) is 57.9. The van der Waals surface area contributed by atoms with Gasteiger partial charge < -0.3 is 48.8 Å². The van der Waals surface area contributed by atoms with Gasteiger partial charge in [0, 0.05) is 59.1 Å². The molecule has 59 heavy (non-hydrogen) atoms. The molecule has 0 aromatic rings. The van der Waals surface area contributed by atoms with Crippen LogP contribution in [0.5, 0.6) is 0 Å². The lowest BCUT2D eigenvalue weighted by Crippen LogP contribution is -2.37. The number of ether oxygens (including phenoxy) is 6. The quantitative estimate of drug-likeness (QED) is 0.0246. The molecule has 0 rings (SSSR count). The summed E-state index contributed by atoms with van der Waals surface area (Å²) >= 11 is 4.19. The maximum Gasteiger partial charge on any atom is 0.306 e. The van der Waals surface area contributed by atoms with Crippen LogP contribution >= 0.6 is 35.3 Å². The lowest BCUT2D eigenvalue weighted by atomic mass is 9.83. The fourth-order valence-electron chi connectivity index (χ4n) is 6.02. The van der Waals surface area contributed by atoms with Crippen molar-refractivity contribution in [2.24, 2.45) is 22.2 Å². The molecule has 0 aliphatic carbocycles. The number of hydrogen-bond donors (Lipinski definition) is 4. The topological polar surface area (TPSA) is 188 Å². The fraction of sp³-hybridized carbons (Fsp3) is 0.884. The van der Waals surface area contributed by atoms with Crippen molar-refractivity contribution in [3.8, 4) is 0 Å². The number of methoxy groups -OCH3 is 1. The van der Waals surface area contributed by atoms with Crippen molar-refractivity contribution in [2.75, 3.05) is 101 Å². The van der Waals surface area contributed by atoms with Gasteiger partial charge in [0.25, 0.3) is 0 Å². The van der Waals surface area contributed by atoms with Gasteiger partial charge in [-0.2, -0.15) is 35.3 Å². The molecule has 4 unspecified atom stereocenters. The molecule has 0 aliphatic rings. The minimum Gasteiger partial charge on any atom is -0.466 e. The Kier molecular flexibility index (Phi) is 32.9. The number of thioether (sulfide) groups is 3. The van der Waals surface area contributed by atoms with Gasteiger partial charge in [0.2, 0.25) is 0 Å². The van der Waals surface area contributed by atoms with Gasteiger partial charge in [-0.3, -0.25) is 14.4 Å². The Balaban J connectivity index is 5.17. The Labute approximate surface area is 368 Å². The number of hydrogen-bond acceptors (Lipinski definition) is 16. The zero-order valence-corrected chi connectivity index (χ0v) is 40.1. The molecular formula is C43H80O13S3. The monoisotopic (exact) mass is 900 g/mol. The molecule has 0 fully saturated rings. The van der Waals surface area contributed by atoms with Gasteiger partial charge in [-0.25, -0.2) is 0 Å². The lowest BCUT2D eigenvalue weighted by Gasteiger charge is -2.32. The molecule has 4 N–H and O–H groups in total. The molecule has 0 saturated carbocycles. The molecule has 0 spiro atoms. The highest BCUT2D eigenvalue weighted by molar-refractivity contribution is 7.99. The predicted molar refractivity (Wildman–Crippen MR) is 240 cm³/mol. The Morgan fingerprint density at radius 2 is 1.14 bits per heavy atom. The highest BCUT2D eigenvalue weighted by Crippen LogP contribution is 2.30. The first-order valence-electron chi connectivity index (χ1n) is 21.0. The molecule has 0 saturated heterocycles. The average molecular weight is 901 g/mol. The molecule has 0 radical (unpaired) electrons. The van der Waals surface area contributed by atoms with E-state index >= 15 is 0 Å². The Hall–Kier alpha value is -1.08. The molecule has 4 atom stereocenters. The van der Waals surface area contributed by atoms with E-state index in [1.165, 1.54) is 40.9 Å². The Morgan fingerprint density at radius 1 is 0.678 bits per heavy atom. The predicted octanol–water partition coefficient (Wildman–Crippen LogP) is 5.96. The third-order valence-electron chi connectivity index (χ3n) is 9.05. The van der Waals surface area contributed by atoms with Gasteiger partial charge in [-0.05, 0) is 43.9 Å². The second-order valence-electron chi connectivity index (χ2n) is 17.3. The second-order valence-corrected chi connectivity index (χ2v) is 20.7. The van der Waals surface area contributed by atoms with Crippen LogP contribution in [0.2, 0.25) is 0 Å². The van der Waals surface area contributed by atoms with Crippen LogP contribution in [0.4, 0.5) is 0 Å². The third-order valence-corrected chi connectivity index (χ3v) is 12.4. The lowest BCUT2D eigenvalue weighted by molar-refractivity contribution is -0.158. The van der Waals surface area contributed by atoms with E-state index in [1.807, 2.05) is 0 Å². The number of aliphatic hydroxyl groups is 4. The Bertz CT molecular complexity index is 1150. The van der Waals surface area contributed by atoms with Gasteiger partial charge in [0.1, 0.15) is 13.2 Å². The van der Waals surface area contributed by atoms with Crippen molar-refractivity contribution >= 4 is 53.2 Å². The molecule has 13 nitrogen and oxygen atoms in total. The van der Waals surface area contributed by atoms with Crippen LogP contribution in [-0.2, 0) is 42.8 Å². The van der Waals surface area contributed by atoms with Crippen LogP contribution in [0.1, 0.15) is 100 Å². The zero-order valence-electron chi connectivity index (χ0n) is 37.6. The van der Waals surface area contributed by atoms with Crippen LogP contribution in [0.15, 0.2) is 11.6 Å². The first-order chi connectivity index (χ1) is 27.8. The summed E-state index contributed by atoms with van der Waals surface area (Å²) in [5.41, 5.74) is 0.282. The normalized spacial score (nSPS) is 15.1. The molecule has 0 aromatic carbocycles. The van der Waals surface area contributed by atoms with Gasteiger partial charge in [0.15, 0.2) is 0 Å². The Morgan fingerprint density at radius 3 is 1.59 bits per heavy atom. The van der Waals surface area contributed by atoms with E-state index < -0.39 is 41.6 Å². The number of carbonyl (C=O) groups excluding carboxylic acids is 3. The molecule has 0 bridgehead atoms. The molecule has 348 valence electrons. The SMILES string of the molecule is CC/C(C)=C/C(C)(C)COCC(O)CSCCC(=O)OCC(CCOC)(CCOC(=O)CCSCC(O)CO)COC(=O)CCSCC(O)COCC(C)(C)CC(C)C. The van der Waals surface area contributed by atoms with E-state index in [2.05, 4.69) is 61.5 Å². The van der Waals surface area contributed by atoms with E-state index in [9.17, 15) is 29.7 Å². The summed E-state index contributed by atoms with van der Waals surface area (Å²) < 4.78 is 33.9. The number of aliphatic hydroxyl groups excluding tert-OH is 4. The van der Waals surface area contributed by atoms with Crippen LogP contribution in [0.3, 0.4) is 0 Å². The molecule has 0 aliphatic heterocycles. The van der Waals surface area contributed by atoms with E-state index in [0.717, 1.165) is 12.8 Å². The summed E-state index contributed by atoms with van der Waals surface area (Å²) in [4.78, 5) is 38.3. The number of carbonyl (C=O) groups is 3. The maximum atomic E-state index is 12.9. The zero-order chi connectivity index (χ0) is 44.7. The minimum atomic E-state index is -0.898. The van der Waals surface area contributed by atoms with Crippen LogP contribution in [-0.4, -0.2) is 158 Å². The summed E-state index contributed by atoms with van der Waals surface area (Å²) in [5, 5.41) is 39.3. The summed E-state index contributed by atoms with van der Waals surface area (Å²) in [6.45, 7) is 18.3. The van der Waals surface area contributed by atoms with Crippen LogP contribution in [0.25, 0.3) is 0 Å². The standard InChI is InChI=1S/C43H80O13S3/c1-10-34(4)22-42(7,8)30-53-25-37(47)28-59-20-13-40(50)56-32-43(14-16-51-9,15-17-54-38(48)11-18-57-26-35(45)23-44)31-55-39(49)12-19-58-27-36(46)24-52-29-41(5,6)21-33(2)3/h22,33,35-37,44-47H,10-21,23-32H2,1-9H3/b34-22+. The van der Waals surface area contributed by atoms with Crippen molar-refractivity contribution in [2.45, 2.75) is 119 Å². The van der Waals surface area contributed by atoms with E-state index in [-0.39, 0.29) is 82.8 Å². The summed E-state index contributed by atoms with van der Waals surface area (Å²) in [6.07, 6.45) is 2.92. The molecule has 0 amide bonds. The third kappa shape index (κ3) is 33.2. The number of esters is 3. The molecule has 0 aromatic heterocycles. The first-order valence-corrected chi connectivity index (χ1v) is 24.4. The smallest absolute Gasteiger partial charge is 0.306 e. The van der Waals surface area contributed by atoms with E-state index in [0.29, 0.717) is 60.1 Å². The summed E-state index contributed by atoms with van der Waals surface area (Å²) in [5.74, 6) is 1.62. The van der Waals surface area contributed by atoms with Gasteiger partial charge in [-0.1, -0.05) is 60.1 Å². The summed E-state index contributed by atoms with van der Waals surface area (Å²) in [6, 6.07) is 0. The second kappa shape index (κ2) is 33.5. The highest BCUT2D eigenvalue weighted by atomic mass is 32.2. The number of allylic oxidation sites excluding steroid dienone is 1. The van der Waals surface area contributed by atoms with E-state index in [1.54, 1.807) is 7.11 Å². The van der Waals surface area contributed by atoms with Crippen LogP contribution in [0, 0.1) is 22.2 Å². The molecule has 16 heteroatoms. The number of rotatable bonds is 38. The van der Waals surface area contributed by atoms with Crippen molar-refractivity contribution in [1.82, 2.24) is 0 Å². The van der Waals surface area contributed by atoms with Gasteiger partial charge in [0.05, 0.1) is 77.2 Å². The largest absolute Gasteiger partial charge is 0.466 e. The van der Waals surface area contributed by atoms with Crippen molar-refractivity contribution in [3.05, 3.63) is 11.6 Å².